The van der Waals surface area contributed by atoms with Crippen LogP contribution in [0.2, 0.25) is 0 Å². The lowest BCUT2D eigenvalue weighted by molar-refractivity contribution is 0.572. The molecule has 1 aromatic heterocycles. The summed E-state index contributed by atoms with van der Waals surface area (Å²) in [6.07, 6.45) is 4.41. The van der Waals surface area contributed by atoms with Crippen molar-refractivity contribution >= 4 is 0 Å². The fraction of sp³-hybridized carbons (Fsp3) is 0.667. The molecule has 66 valence electrons. The highest BCUT2D eigenvalue weighted by Crippen LogP contribution is 2.30. The van der Waals surface area contributed by atoms with E-state index in [0.29, 0.717) is 6.04 Å². The van der Waals surface area contributed by atoms with Crippen molar-refractivity contribution in [1.29, 1.82) is 0 Å². The largest absolute Gasteiger partial charge is 0.313 e. The molecule has 0 amide bonds. The minimum atomic E-state index is 0.542. The van der Waals surface area contributed by atoms with Gasteiger partial charge in [-0.1, -0.05) is 0 Å². The third-order valence-electron chi connectivity index (χ3n) is 2.67. The maximum atomic E-state index is 4.33. The van der Waals surface area contributed by atoms with E-state index in [1.54, 1.807) is 0 Å². The summed E-state index contributed by atoms with van der Waals surface area (Å²) in [6.45, 7) is 3.13. The van der Waals surface area contributed by atoms with E-state index in [4.69, 9.17) is 0 Å². The van der Waals surface area contributed by atoms with Gasteiger partial charge in [-0.3, -0.25) is 4.68 Å². The van der Waals surface area contributed by atoms with Crippen molar-refractivity contribution in [2.75, 3.05) is 7.05 Å². The molecule has 1 heterocycles. The van der Waals surface area contributed by atoms with Gasteiger partial charge in [0.2, 0.25) is 0 Å². The summed E-state index contributed by atoms with van der Waals surface area (Å²) in [6, 6.07) is 0.542. The molecule has 0 fully saturated rings. The molecule has 0 aromatic carbocycles. The molecule has 2 rings (SSSR count). The zero-order valence-electron chi connectivity index (χ0n) is 7.67. The molecular formula is C9H15N3. The Morgan fingerprint density at radius 2 is 2.58 bits per heavy atom. The van der Waals surface area contributed by atoms with Gasteiger partial charge in [-0.15, -0.1) is 0 Å². The van der Waals surface area contributed by atoms with Crippen LogP contribution in [-0.4, -0.2) is 16.8 Å². The topological polar surface area (TPSA) is 29.9 Å². The molecule has 0 spiro atoms. The summed E-state index contributed by atoms with van der Waals surface area (Å²) < 4.78 is 2.10. The Bertz CT molecular complexity index is 277. The number of aryl methyl sites for hydroxylation is 1. The normalized spacial score (nSPS) is 21.3. The van der Waals surface area contributed by atoms with E-state index in [-0.39, 0.29) is 0 Å². The third kappa shape index (κ3) is 0.966. The highest BCUT2D eigenvalue weighted by atomic mass is 15.3. The number of nitrogens with zero attached hydrogens (tertiary/aromatic N) is 2. The van der Waals surface area contributed by atoms with Crippen LogP contribution in [0.25, 0.3) is 0 Å². The van der Waals surface area contributed by atoms with Gasteiger partial charge in [-0.05, 0) is 26.8 Å². The molecule has 1 N–H and O–H groups in total. The second-order valence-electron chi connectivity index (χ2n) is 3.24. The van der Waals surface area contributed by atoms with Crippen LogP contribution in [0.5, 0.6) is 0 Å². The van der Waals surface area contributed by atoms with Gasteiger partial charge < -0.3 is 5.32 Å². The summed E-state index contributed by atoms with van der Waals surface area (Å²) in [7, 11) is 2.02. The SMILES string of the molecule is CCn1ncc2c1CC[C@H]2NC. The number of aromatic nitrogens is 2. The molecule has 0 radical (unpaired) electrons. The predicted octanol–water partition coefficient (Wildman–Crippen LogP) is 1.11. The van der Waals surface area contributed by atoms with E-state index >= 15 is 0 Å². The zero-order valence-corrected chi connectivity index (χ0v) is 7.67. The third-order valence-corrected chi connectivity index (χ3v) is 2.67. The Balaban J connectivity index is 2.35. The van der Waals surface area contributed by atoms with E-state index in [9.17, 15) is 0 Å². The lowest BCUT2D eigenvalue weighted by Gasteiger charge is -2.05. The van der Waals surface area contributed by atoms with Gasteiger partial charge in [-0.25, -0.2) is 0 Å². The minimum Gasteiger partial charge on any atom is -0.313 e. The molecule has 0 bridgehead atoms. The van der Waals surface area contributed by atoms with Gasteiger partial charge in [-0.2, -0.15) is 5.10 Å². The van der Waals surface area contributed by atoms with Crippen molar-refractivity contribution in [2.24, 2.45) is 0 Å². The molecule has 0 unspecified atom stereocenters. The number of nitrogens with one attached hydrogen (secondary N) is 1. The van der Waals surface area contributed by atoms with Crippen molar-refractivity contribution in [3.05, 3.63) is 17.5 Å². The molecule has 1 aliphatic carbocycles. The standard InChI is InChI=1S/C9H15N3/c1-3-12-9-5-4-8(10-2)7(9)6-11-12/h6,8,10H,3-5H2,1-2H3/t8-/m1/s1. The fourth-order valence-electron chi connectivity index (χ4n) is 2.00. The maximum Gasteiger partial charge on any atom is 0.0540 e. The average molecular weight is 165 g/mol. The Morgan fingerprint density at radius 1 is 1.75 bits per heavy atom. The van der Waals surface area contributed by atoms with Gasteiger partial charge in [0.1, 0.15) is 0 Å². The van der Waals surface area contributed by atoms with Crippen LogP contribution in [0.3, 0.4) is 0 Å². The fourth-order valence-corrected chi connectivity index (χ4v) is 2.00. The number of fused-ring (bicyclic) bond motifs is 1. The van der Waals surface area contributed by atoms with Gasteiger partial charge in [0.15, 0.2) is 0 Å². The van der Waals surface area contributed by atoms with Crippen LogP contribution in [0.15, 0.2) is 6.20 Å². The van der Waals surface area contributed by atoms with Gasteiger partial charge in [0.05, 0.1) is 6.20 Å². The molecular weight excluding hydrogens is 150 g/mol. The average Bonchev–Trinajstić information content (AvgIpc) is 2.62. The summed E-state index contributed by atoms with van der Waals surface area (Å²) in [5, 5.41) is 7.64. The lowest BCUT2D eigenvalue weighted by Crippen LogP contribution is -2.12. The molecule has 3 nitrogen and oxygen atoms in total. The van der Waals surface area contributed by atoms with Crippen LogP contribution in [0.1, 0.15) is 30.6 Å². The first kappa shape index (κ1) is 7.80. The van der Waals surface area contributed by atoms with Gasteiger partial charge in [0, 0.05) is 23.8 Å². The minimum absolute atomic E-state index is 0.542. The Morgan fingerprint density at radius 3 is 3.25 bits per heavy atom. The molecule has 1 atom stereocenters. The monoisotopic (exact) mass is 165 g/mol. The second kappa shape index (κ2) is 2.90. The summed E-state index contributed by atoms with van der Waals surface area (Å²) >= 11 is 0. The van der Waals surface area contributed by atoms with Crippen LogP contribution in [-0.2, 0) is 13.0 Å². The first-order valence-corrected chi connectivity index (χ1v) is 4.58. The molecule has 3 heteroatoms. The number of hydrogen-bond acceptors (Lipinski definition) is 2. The summed E-state index contributed by atoms with van der Waals surface area (Å²) in [5.74, 6) is 0. The first-order valence-electron chi connectivity index (χ1n) is 4.58. The Labute approximate surface area is 72.8 Å². The second-order valence-corrected chi connectivity index (χ2v) is 3.24. The molecule has 1 aliphatic rings. The summed E-state index contributed by atoms with van der Waals surface area (Å²) in [5.41, 5.74) is 2.83. The Hall–Kier alpha value is -0.830. The van der Waals surface area contributed by atoms with Crippen LogP contribution >= 0.6 is 0 Å². The van der Waals surface area contributed by atoms with E-state index in [1.807, 2.05) is 13.2 Å². The van der Waals surface area contributed by atoms with Crippen LogP contribution in [0.4, 0.5) is 0 Å². The van der Waals surface area contributed by atoms with Crippen LogP contribution < -0.4 is 5.32 Å². The van der Waals surface area contributed by atoms with Crippen molar-refractivity contribution < 1.29 is 0 Å². The quantitative estimate of drug-likeness (QED) is 0.711. The first-order chi connectivity index (χ1) is 5.86. The van der Waals surface area contributed by atoms with Gasteiger partial charge >= 0.3 is 0 Å². The highest BCUT2D eigenvalue weighted by molar-refractivity contribution is 5.27. The number of hydrogen-bond donors (Lipinski definition) is 1. The van der Waals surface area contributed by atoms with E-state index < -0.39 is 0 Å². The molecule has 12 heavy (non-hydrogen) atoms. The number of rotatable bonds is 2. The highest BCUT2D eigenvalue weighted by Gasteiger charge is 2.24. The van der Waals surface area contributed by atoms with Crippen molar-refractivity contribution in [3.8, 4) is 0 Å². The van der Waals surface area contributed by atoms with Crippen molar-refractivity contribution in [1.82, 2.24) is 15.1 Å². The molecule has 1 aromatic rings. The molecule has 0 saturated heterocycles. The molecule has 0 saturated carbocycles. The summed E-state index contributed by atoms with van der Waals surface area (Å²) in [4.78, 5) is 0. The zero-order chi connectivity index (χ0) is 8.55. The van der Waals surface area contributed by atoms with Crippen molar-refractivity contribution in [2.45, 2.75) is 32.4 Å². The Kier molecular flexibility index (Phi) is 1.89. The maximum absolute atomic E-state index is 4.33. The van der Waals surface area contributed by atoms with E-state index in [2.05, 4.69) is 22.0 Å². The lowest BCUT2D eigenvalue weighted by atomic mass is 10.2. The van der Waals surface area contributed by atoms with Crippen molar-refractivity contribution in [3.63, 3.8) is 0 Å². The van der Waals surface area contributed by atoms with E-state index in [0.717, 1.165) is 6.54 Å². The predicted molar refractivity (Wildman–Crippen MR) is 48.0 cm³/mol. The van der Waals surface area contributed by atoms with E-state index in [1.165, 1.54) is 24.1 Å². The van der Waals surface area contributed by atoms with Crippen LogP contribution in [0, 0.1) is 0 Å². The molecule has 0 aliphatic heterocycles. The van der Waals surface area contributed by atoms with Gasteiger partial charge in [0.25, 0.3) is 0 Å². The smallest absolute Gasteiger partial charge is 0.0540 e.